The van der Waals surface area contributed by atoms with E-state index in [1.165, 1.54) is 48.9 Å². The molecule has 2 aromatic rings. The molecule has 3 nitrogen and oxygen atoms in total. The van der Waals surface area contributed by atoms with Crippen LogP contribution < -0.4 is 5.73 Å². The first-order chi connectivity index (χ1) is 10.3. The quantitative estimate of drug-likeness (QED) is 0.923. The van der Waals surface area contributed by atoms with Crippen LogP contribution >= 0.6 is 0 Å². The van der Waals surface area contributed by atoms with E-state index in [-0.39, 0.29) is 0 Å². The van der Waals surface area contributed by atoms with Crippen LogP contribution in [0, 0.1) is 12.8 Å². The fraction of sp³-hybridized carbons (Fsp3) is 0.500. The van der Waals surface area contributed by atoms with Gasteiger partial charge in [-0.3, -0.25) is 0 Å². The van der Waals surface area contributed by atoms with E-state index < -0.39 is 0 Å². The van der Waals surface area contributed by atoms with Crippen molar-refractivity contribution in [2.75, 3.05) is 6.54 Å². The Morgan fingerprint density at radius 2 is 2.10 bits per heavy atom. The second-order valence-electron chi connectivity index (χ2n) is 6.26. The number of rotatable bonds is 4. The molecule has 1 aliphatic carbocycles. The molecular formula is C18H25N3. The lowest BCUT2D eigenvalue weighted by Gasteiger charge is -2.31. The monoisotopic (exact) mass is 283 g/mol. The van der Waals surface area contributed by atoms with Crippen molar-refractivity contribution in [3.05, 3.63) is 42.4 Å². The second kappa shape index (κ2) is 6.44. The predicted octanol–water partition coefficient (Wildman–Crippen LogP) is 3.94. The molecule has 0 radical (unpaired) electrons. The minimum Gasteiger partial charge on any atom is -0.328 e. The topological polar surface area (TPSA) is 43.8 Å². The van der Waals surface area contributed by atoms with Crippen LogP contribution in [0.15, 0.2) is 36.8 Å². The zero-order valence-corrected chi connectivity index (χ0v) is 12.8. The molecular weight excluding hydrogens is 258 g/mol. The standard InChI is InChI=1S/C18H25N3/c1-14-6-5-9-16(10-14)18-12-20-13-21(18)17(11-19)15-7-3-2-4-8-15/h5-6,9-10,12-13,15,17H,2-4,7-8,11,19H2,1H3. The SMILES string of the molecule is Cc1cccc(-c2cncn2C(CN)C2CCCCC2)c1. The summed E-state index contributed by atoms with van der Waals surface area (Å²) >= 11 is 0. The van der Waals surface area contributed by atoms with Gasteiger partial charge in [-0.15, -0.1) is 0 Å². The molecule has 0 bridgehead atoms. The zero-order chi connectivity index (χ0) is 14.7. The number of benzene rings is 1. The van der Waals surface area contributed by atoms with Gasteiger partial charge < -0.3 is 10.3 Å². The molecule has 2 N–H and O–H groups in total. The van der Waals surface area contributed by atoms with Gasteiger partial charge in [-0.05, 0) is 31.7 Å². The summed E-state index contributed by atoms with van der Waals surface area (Å²) in [6.45, 7) is 2.83. The molecule has 1 heterocycles. The predicted molar refractivity (Wildman–Crippen MR) is 87.1 cm³/mol. The molecule has 0 spiro atoms. The maximum absolute atomic E-state index is 6.12. The van der Waals surface area contributed by atoms with Crippen molar-refractivity contribution >= 4 is 0 Å². The van der Waals surface area contributed by atoms with Crippen molar-refractivity contribution < 1.29 is 0 Å². The zero-order valence-electron chi connectivity index (χ0n) is 12.8. The number of hydrogen-bond acceptors (Lipinski definition) is 2. The van der Waals surface area contributed by atoms with Gasteiger partial charge in [0.25, 0.3) is 0 Å². The molecule has 1 aliphatic rings. The minimum atomic E-state index is 0.378. The summed E-state index contributed by atoms with van der Waals surface area (Å²) < 4.78 is 2.31. The maximum Gasteiger partial charge on any atom is 0.0954 e. The van der Waals surface area contributed by atoms with Gasteiger partial charge in [-0.1, -0.05) is 43.0 Å². The minimum absolute atomic E-state index is 0.378. The molecule has 0 saturated heterocycles. The van der Waals surface area contributed by atoms with E-state index in [1.807, 2.05) is 12.5 Å². The van der Waals surface area contributed by atoms with Crippen LogP contribution in [0.2, 0.25) is 0 Å². The summed E-state index contributed by atoms with van der Waals surface area (Å²) in [5.41, 5.74) is 9.83. The van der Waals surface area contributed by atoms with Gasteiger partial charge >= 0.3 is 0 Å². The van der Waals surface area contributed by atoms with Crippen molar-refractivity contribution in [2.45, 2.75) is 45.1 Å². The maximum atomic E-state index is 6.12. The number of aromatic nitrogens is 2. The van der Waals surface area contributed by atoms with Crippen LogP contribution in [-0.4, -0.2) is 16.1 Å². The Kier molecular flexibility index (Phi) is 4.39. The van der Waals surface area contributed by atoms with Crippen LogP contribution in [-0.2, 0) is 0 Å². The van der Waals surface area contributed by atoms with Gasteiger partial charge in [-0.2, -0.15) is 0 Å². The molecule has 0 amide bonds. The highest BCUT2D eigenvalue weighted by Crippen LogP contribution is 2.35. The second-order valence-corrected chi connectivity index (χ2v) is 6.26. The van der Waals surface area contributed by atoms with E-state index in [1.54, 1.807) is 0 Å². The molecule has 0 aliphatic heterocycles. The van der Waals surface area contributed by atoms with Crippen LogP contribution in [0.4, 0.5) is 0 Å². The summed E-state index contributed by atoms with van der Waals surface area (Å²) in [7, 11) is 0. The molecule has 1 unspecified atom stereocenters. The Labute approximate surface area is 127 Å². The van der Waals surface area contributed by atoms with Crippen molar-refractivity contribution in [2.24, 2.45) is 11.7 Å². The van der Waals surface area contributed by atoms with E-state index in [4.69, 9.17) is 5.73 Å². The lowest BCUT2D eigenvalue weighted by molar-refractivity contribution is 0.255. The van der Waals surface area contributed by atoms with E-state index in [0.717, 1.165) is 0 Å². The number of hydrogen-bond donors (Lipinski definition) is 1. The van der Waals surface area contributed by atoms with Gasteiger partial charge in [0.15, 0.2) is 0 Å². The van der Waals surface area contributed by atoms with Crippen LogP contribution in [0.3, 0.4) is 0 Å². The Morgan fingerprint density at radius 3 is 2.81 bits per heavy atom. The van der Waals surface area contributed by atoms with E-state index in [9.17, 15) is 0 Å². The van der Waals surface area contributed by atoms with Gasteiger partial charge in [-0.25, -0.2) is 4.98 Å². The molecule has 3 heteroatoms. The molecule has 1 aromatic carbocycles. The van der Waals surface area contributed by atoms with Crippen molar-refractivity contribution in [1.29, 1.82) is 0 Å². The third kappa shape index (κ3) is 3.03. The molecule has 112 valence electrons. The van der Waals surface area contributed by atoms with Gasteiger partial charge in [0.1, 0.15) is 0 Å². The summed E-state index contributed by atoms with van der Waals surface area (Å²) in [6.07, 6.45) is 10.6. The normalized spacial score (nSPS) is 17.8. The molecule has 1 atom stereocenters. The van der Waals surface area contributed by atoms with Crippen molar-refractivity contribution in [3.63, 3.8) is 0 Å². The fourth-order valence-corrected chi connectivity index (χ4v) is 3.65. The summed E-state index contributed by atoms with van der Waals surface area (Å²) in [4.78, 5) is 4.40. The fourth-order valence-electron chi connectivity index (χ4n) is 3.65. The van der Waals surface area contributed by atoms with E-state index in [0.29, 0.717) is 18.5 Å². The summed E-state index contributed by atoms with van der Waals surface area (Å²) in [5, 5.41) is 0. The van der Waals surface area contributed by atoms with Gasteiger partial charge in [0, 0.05) is 12.1 Å². The Hall–Kier alpha value is -1.61. The molecule has 21 heavy (non-hydrogen) atoms. The highest BCUT2D eigenvalue weighted by Gasteiger charge is 2.25. The largest absolute Gasteiger partial charge is 0.328 e. The lowest BCUT2D eigenvalue weighted by Crippen LogP contribution is -2.28. The van der Waals surface area contributed by atoms with Crippen LogP contribution in [0.1, 0.15) is 43.7 Å². The number of imidazole rings is 1. The summed E-state index contributed by atoms with van der Waals surface area (Å²) in [5.74, 6) is 0.696. The number of nitrogens with zero attached hydrogens (tertiary/aromatic N) is 2. The molecule has 1 aromatic heterocycles. The first kappa shape index (κ1) is 14.3. The molecule has 1 saturated carbocycles. The van der Waals surface area contributed by atoms with Gasteiger partial charge in [0.2, 0.25) is 0 Å². The highest BCUT2D eigenvalue weighted by molar-refractivity contribution is 5.60. The highest BCUT2D eigenvalue weighted by atomic mass is 15.1. The average Bonchev–Trinajstić information content (AvgIpc) is 2.98. The molecule has 3 rings (SSSR count). The van der Waals surface area contributed by atoms with E-state index >= 15 is 0 Å². The van der Waals surface area contributed by atoms with Crippen molar-refractivity contribution in [3.8, 4) is 11.3 Å². The Balaban J connectivity index is 1.93. The summed E-state index contributed by atoms with van der Waals surface area (Å²) in [6, 6.07) is 9.01. The molecule has 1 fully saturated rings. The number of aryl methyl sites for hydroxylation is 1. The third-order valence-electron chi connectivity index (χ3n) is 4.77. The number of nitrogens with two attached hydrogens (primary N) is 1. The van der Waals surface area contributed by atoms with Crippen LogP contribution in [0.5, 0.6) is 0 Å². The third-order valence-corrected chi connectivity index (χ3v) is 4.77. The smallest absolute Gasteiger partial charge is 0.0954 e. The average molecular weight is 283 g/mol. The van der Waals surface area contributed by atoms with Crippen LogP contribution in [0.25, 0.3) is 11.3 Å². The van der Waals surface area contributed by atoms with Crippen molar-refractivity contribution in [1.82, 2.24) is 9.55 Å². The van der Waals surface area contributed by atoms with E-state index in [2.05, 4.69) is 40.7 Å². The van der Waals surface area contributed by atoms with Gasteiger partial charge in [0.05, 0.1) is 24.3 Å². The first-order valence-electron chi connectivity index (χ1n) is 8.08. The first-order valence-corrected chi connectivity index (χ1v) is 8.08. The lowest BCUT2D eigenvalue weighted by atomic mass is 9.83. The Bertz CT molecular complexity index is 582. The Morgan fingerprint density at radius 1 is 1.29 bits per heavy atom.